The zero-order valence-electron chi connectivity index (χ0n) is 11.1. The van der Waals surface area contributed by atoms with Gasteiger partial charge in [0.05, 0.1) is 0 Å². The number of rotatable bonds is 3. The Morgan fingerprint density at radius 1 is 1.32 bits per heavy atom. The van der Waals surface area contributed by atoms with Gasteiger partial charge in [-0.2, -0.15) is 0 Å². The number of ether oxygens (including phenoxy) is 1. The van der Waals surface area contributed by atoms with Crippen molar-refractivity contribution in [3.05, 3.63) is 29.3 Å². The number of alkyl carbamates (subject to hydrolysis) is 1. The minimum atomic E-state index is -0.631. The van der Waals surface area contributed by atoms with E-state index in [9.17, 15) is 9.59 Å². The molecule has 0 aliphatic carbocycles. The van der Waals surface area contributed by atoms with Crippen LogP contribution in [0.3, 0.4) is 0 Å². The number of carbonyl (C=O) groups is 2. The van der Waals surface area contributed by atoms with Crippen LogP contribution in [0.1, 0.15) is 20.8 Å². The lowest BCUT2D eigenvalue weighted by Crippen LogP contribution is -2.37. The lowest BCUT2D eigenvalue weighted by Gasteiger charge is -2.19. The number of hydrogen-bond donors (Lipinski definition) is 2. The van der Waals surface area contributed by atoms with Crippen molar-refractivity contribution in [1.29, 1.82) is 0 Å². The summed E-state index contributed by atoms with van der Waals surface area (Å²) < 4.78 is 5.01. The summed E-state index contributed by atoms with van der Waals surface area (Å²) in [4.78, 5) is 22.9. The third kappa shape index (κ3) is 6.67. The fourth-order valence-corrected chi connectivity index (χ4v) is 1.43. The third-order valence-corrected chi connectivity index (χ3v) is 2.14. The quantitative estimate of drug-likeness (QED) is 0.897. The molecule has 5 nitrogen and oxygen atoms in total. The van der Waals surface area contributed by atoms with Crippen LogP contribution >= 0.6 is 11.6 Å². The van der Waals surface area contributed by atoms with Gasteiger partial charge >= 0.3 is 6.09 Å². The molecular formula is C13H17ClN2O3. The monoisotopic (exact) mass is 284 g/mol. The predicted octanol–water partition coefficient (Wildman–Crippen LogP) is 2.80. The molecule has 0 fully saturated rings. The van der Waals surface area contributed by atoms with Crippen LogP contribution in [0.2, 0.25) is 5.02 Å². The predicted molar refractivity (Wildman–Crippen MR) is 74.3 cm³/mol. The highest BCUT2D eigenvalue weighted by Gasteiger charge is 2.16. The first kappa shape index (κ1) is 15.3. The average molecular weight is 285 g/mol. The lowest BCUT2D eigenvalue weighted by atomic mass is 10.2. The van der Waals surface area contributed by atoms with Crippen molar-refractivity contribution >= 4 is 29.3 Å². The maximum Gasteiger partial charge on any atom is 0.408 e. The van der Waals surface area contributed by atoms with E-state index in [0.717, 1.165) is 0 Å². The topological polar surface area (TPSA) is 67.4 Å². The van der Waals surface area contributed by atoms with Gasteiger partial charge in [-0.25, -0.2) is 4.79 Å². The molecule has 1 aromatic rings. The Labute approximate surface area is 117 Å². The number of halogens is 1. The van der Waals surface area contributed by atoms with Crippen molar-refractivity contribution in [3.63, 3.8) is 0 Å². The highest BCUT2D eigenvalue weighted by Crippen LogP contribution is 2.14. The van der Waals surface area contributed by atoms with Crippen molar-refractivity contribution in [3.8, 4) is 0 Å². The third-order valence-electron chi connectivity index (χ3n) is 1.90. The molecule has 19 heavy (non-hydrogen) atoms. The normalized spacial score (nSPS) is 10.7. The number of nitrogens with one attached hydrogen (secondary N) is 2. The first-order valence-corrected chi connectivity index (χ1v) is 6.16. The van der Waals surface area contributed by atoms with Gasteiger partial charge in [0.1, 0.15) is 12.1 Å². The molecule has 104 valence electrons. The summed E-state index contributed by atoms with van der Waals surface area (Å²) in [6, 6.07) is 6.75. The summed E-state index contributed by atoms with van der Waals surface area (Å²) >= 11 is 5.79. The van der Waals surface area contributed by atoms with Crippen LogP contribution in [0.4, 0.5) is 10.5 Å². The molecule has 0 heterocycles. The molecule has 0 radical (unpaired) electrons. The molecule has 0 bridgehead atoms. The van der Waals surface area contributed by atoms with Crippen LogP contribution in [-0.2, 0) is 9.53 Å². The highest BCUT2D eigenvalue weighted by molar-refractivity contribution is 6.30. The molecule has 1 rings (SSSR count). The summed E-state index contributed by atoms with van der Waals surface area (Å²) in [6.45, 7) is 5.08. The van der Waals surface area contributed by atoms with E-state index >= 15 is 0 Å². The number of hydrogen-bond acceptors (Lipinski definition) is 3. The summed E-state index contributed by atoms with van der Waals surface area (Å²) in [5, 5.41) is 5.50. The molecule has 0 saturated carbocycles. The summed E-state index contributed by atoms with van der Waals surface area (Å²) in [5.74, 6) is -0.354. The molecule has 0 spiro atoms. The van der Waals surface area contributed by atoms with E-state index < -0.39 is 11.7 Å². The van der Waals surface area contributed by atoms with Crippen LogP contribution < -0.4 is 10.6 Å². The van der Waals surface area contributed by atoms with Gasteiger partial charge in [-0.15, -0.1) is 0 Å². The van der Waals surface area contributed by atoms with E-state index in [-0.39, 0.29) is 12.5 Å². The van der Waals surface area contributed by atoms with Gasteiger partial charge in [0.25, 0.3) is 0 Å². The van der Waals surface area contributed by atoms with Crippen LogP contribution in [0.5, 0.6) is 0 Å². The molecule has 6 heteroatoms. The average Bonchev–Trinajstić information content (AvgIpc) is 2.24. The molecule has 0 aromatic heterocycles. The second kappa shape index (κ2) is 6.43. The van der Waals surface area contributed by atoms with Crippen LogP contribution in [0, 0.1) is 0 Å². The fourth-order valence-electron chi connectivity index (χ4n) is 1.24. The van der Waals surface area contributed by atoms with Gasteiger partial charge < -0.3 is 15.4 Å². The first-order valence-electron chi connectivity index (χ1n) is 5.78. The fraction of sp³-hybridized carbons (Fsp3) is 0.385. The van der Waals surface area contributed by atoms with Crippen LogP contribution in [-0.4, -0.2) is 24.1 Å². The SMILES string of the molecule is CC(C)(C)OC(=O)NCC(=O)Nc1cccc(Cl)c1. The highest BCUT2D eigenvalue weighted by atomic mass is 35.5. The Bertz CT molecular complexity index is 469. The second-order valence-corrected chi connectivity index (χ2v) is 5.35. The summed E-state index contributed by atoms with van der Waals surface area (Å²) in [7, 11) is 0. The summed E-state index contributed by atoms with van der Waals surface area (Å²) in [5.41, 5.74) is -0.0171. The van der Waals surface area contributed by atoms with Gasteiger partial charge in [0.15, 0.2) is 0 Å². The number of benzene rings is 1. The molecule has 2 amide bonds. The minimum Gasteiger partial charge on any atom is -0.444 e. The maximum atomic E-state index is 11.6. The number of anilines is 1. The molecule has 0 saturated heterocycles. The van der Waals surface area contributed by atoms with Crippen LogP contribution in [0.25, 0.3) is 0 Å². The van der Waals surface area contributed by atoms with E-state index in [1.807, 2.05) is 0 Å². The van der Waals surface area contributed by atoms with E-state index in [4.69, 9.17) is 16.3 Å². The zero-order chi connectivity index (χ0) is 14.5. The molecule has 1 aromatic carbocycles. The maximum absolute atomic E-state index is 11.6. The minimum absolute atomic E-state index is 0.165. The van der Waals surface area contributed by atoms with Gasteiger partial charge in [0.2, 0.25) is 5.91 Å². The van der Waals surface area contributed by atoms with Crippen molar-refractivity contribution in [2.24, 2.45) is 0 Å². The molecule has 0 aliphatic rings. The smallest absolute Gasteiger partial charge is 0.408 e. The Morgan fingerprint density at radius 2 is 2.00 bits per heavy atom. The van der Waals surface area contributed by atoms with Gasteiger partial charge in [0, 0.05) is 10.7 Å². The van der Waals surface area contributed by atoms with Crippen LogP contribution in [0.15, 0.2) is 24.3 Å². The standard InChI is InChI=1S/C13H17ClN2O3/c1-13(2,3)19-12(18)15-8-11(17)16-10-6-4-5-9(14)7-10/h4-7H,8H2,1-3H3,(H,15,18)(H,16,17). The van der Waals surface area contributed by atoms with Gasteiger partial charge in [-0.1, -0.05) is 17.7 Å². The van der Waals surface area contributed by atoms with E-state index in [1.165, 1.54) is 0 Å². The molecule has 0 unspecified atom stereocenters. The number of carbonyl (C=O) groups excluding carboxylic acids is 2. The first-order chi connectivity index (χ1) is 8.76. The molecule has 0 atom stereocenters. The largest absolute Gasteiger partial charge is 0.444 e. The van der Waals surface area contributed by atoms with E-state index in [2.05, 4.69) is 10.6 Å². The Hall–Kier alpha value is -1.75. The van der Waals surface area contributed by atoms with E-state index in [1.54, 1.807) is 45.0 Å². The Morgan fingerprint density at radius 3 is 2.58 bits per heavy atom. The van der Waals surface area contributed by atoms with Gasteiger partial charge in [-0.3, -0.25) is 4.79 Å². The Balaban J connectivity index is 2.38. The van der Waals surface area contributed by atoms with E-state index in [0.29, 0.717) is 10.7 Å². The van der Waals surface area contributed by atoms with Crippen molar-refractivity contribution in [2.45, 2.75) is 26.4 Å². The zero-order valence-corrected chi connectivity index (χ0v) is 11.9. The van der Waals surface area contributed by atoms with Crippen molar-refractivity contribution in [2.75, 3.05) is 11.9 Å². The van der Waals surface area contributed by atoms with Crippen molar-refractivity contribution < 1.29 is 14.3 Å². The number of amides is 2. The van der Waals surface area contributed by atoms with Gasteiger partial charge in [-0.05, 0) is 39.0 Å². The lowest BCUT2D eigenvalue weighted by molar-refractivity contribution is -0.115. The Kier molecular flexibility index (Phi) is 5.18. The molecular weight excluding hydrogens is 268 g/mol. The van der Waals surface area contributed by atoms with Crippen molar-refractivity contribution in [1.82, 2.24) is 5.32 Å². The molecule has 0 aliphatic heterocycles. The second-order valence-electron chi connectivity index (χ2n) is 4.91. The summed E-state index contributed by atoms with van der Waals surface area (Å²) in [6.07, 6.45) is -0.631. The molecule has 2 N–H and O–H groups in total.